The van der Waals surface area contributed by atoms with Crippen molar-refractivity contribution >= 4 is 17.5 Å². The van der Waals surface area contributed by atoms with Gasteiger partial charge in [0.05, 0.1) is 0 Å². The maximum absolute atomic E-state index is 11.3. The molecule has 0 heterocycles. The molecule has 1 fully saturated rings. The van der Waals surface area contributed by atoms with Crippen LogP contribution in [0, 0.1) is 0 Å². The number of rotatable bonds is 5. The van der Waals surface area contributed by atoms with E-state index >= 15 is 0 Å². The summed E-state index contributed by atoms with van der Waals surface area (Å²) in [5, 5.41) is 6.50. The van der Waals surface area contributed by atoms with Crippen LogP contribution in [0.5, 0.6) is 0 Å². The van der Waals surface area contributed by atoms with Crippen LogP contribution >= 0.6 is 0 Å². The maximum Gasteiger partial charge on any atom is 0.249 e. The van der Waals surface area contributed by atoms with E-state index in [1.54, 1.807) is 6.08 Å². The van der Waals surface area contributed by atoms with Gasteiger partial charge in [-0.3, -0.25) is 9.59 Å². The van der Waals surface area contributed by atoms with Crippen LogP contribution < -0.4 is 10.7 Å². The zero-order valence-electron chi connectivity index (χ0n) is 9.29. The normalized spacial score (nSPS) is 14.4. The Bertz CT molecular complexity index is 302. The summed E-state index contributed by atoms with van der Waals surface area (Å²) in [6.45, 7) is 3.84. The topological polar surface area (TPSA) is 70.6 Å². The van der Waals surface area contributed by atoms with Gasteiger partial charge in [-0.05, 0) is 25.7 Å². The van der Waals surface area contributed by atoms with Crippen molar-refractivity contribution in [2.75, 3.05) is 6.54 Å². The van der Waals surface area contributed by atoms with Crippen molar-refractivity contribution in [3.8, 4) is 0 Å². The van der Waals surface area contributed by atoms with Crippen molar-refractivity contribution < 1.29 is 9.59 Å². The van der Waals surface area contributed by atoms with Crippen molar-refractivity contribution in [3.05, 3.63) is 12.7 Å². The van der Waals surface area contributed by atoms with E-state index < -0.39 is 0 Å². The predicted octanol–water partition coefficient (Wildman–Crippen LogP) is 0.725. The number of nitrogens with one attached hydrogen (secondary N) is 2. The molecular formula is C11H17N3O2. The Morgan fingerprint density at radius 1 is 1.31 bits per heavy atom. The fraction of sp³-hybridized carbons (Fsp3) is 0.545. The Kier molecular flexibility index (Phi) is 5.25. The van der Waals surface area contributed by atoms with Gasteiger partial charge in [0.25, 0.3) is 0 Å². The lowest BCUT2D eigenvalue weighted by molar-refractivity contribution is -0.129. The van der Waals surface area contributed by atoms with Crippen LogP contribution in [-0.4, -0.2) is 24.1 Å². The summed E-state index contributed by atoms with van der Waals surface area (Å²) in [6.07, 6.45) is 5.54. The number of carbonyl (C=O) groups excluding carboxylic acids is 2. The van der Waals surface area contributed by atoms with Gasteiger partial charge in [0, 0.05) is 12.3 Å². The highest BCUT2D eigenvalue weighted by molar-refractivity contribution is 5.97. The van der Waals surface area contributed by atoms with Crippen LogP contribution in [0.25, 0.3) is 0 Å². The van der Waals surface area contributed by atoms with Gasteiger partial charge in [-0.2, -0.15) is 5.10 Å². The van der Waals surface area contributed by atoms with Gasteiger partial charge < -0.3 is 5.32 Å². The van der Waals surface area contributed by atoms with E-state index in [0.29, 0.717) is 6.54 Å². The monoisotopic (exact) mass is 223 g/mol. The van der Waals surface area contributed by atoms with Crippen LogP contribution in [-0.2, 0) is 9.59 Å². The molecule has 0 aromatic carbocycles. The molecule has 2 N–H and O–H groups in total. The van der Waals surface area contributed by atoms with Crippen LogP contribution in [0.3, 0.4) is 0 Å². The van der Waals surface area contributed by atoms with E-state index in [9.17, 15) is 9.59 Å². The molecule has 5 heteroatoms. The third-order valence-corrected chi connectivity index (χ3v) is 2.28. The predicted molar refractivity (Wildman–Crippen MR) is 61.9 cm³/mol. The molecule has 88 valence electrons. The lowest BCUT2D eigenvalue weighted by Gasteiger charge is -2.02. The molecule has 0 aromatic rings. The maximum atomic E-state index is 11.3. The fourth-order valence-corrected chi connectivity index (χ4v) is 1.47. The van der Waals surface area contributed by atoms with E-state index in [1.807, 2.05) is 0 Å². The Hall–Kier alpha value is -1.65. The van der Waals surface area contributed by atoms with Crippen molar-refractivity contribution in [1.82, 2.24) is 10.7 Å². The summed E-state index contributed by atoms with van der Waals surface area (Å²) < 4.78 is 0. The Labute approximate surface area is 95.0 Å². The zero-order chi connectivity index (χ0) is 11.8. The number of hydrogen-bond donors (Lipinski definition) is 2. The summed E-state index contributed by atoms with van der Waals surface area (Å²) in [5.41, 5.74) is 3.41. The Balaban J connectivity index is 2.22. The standard InChI is InChI=1S/C11H17N3O2/c1-2-7-12-10(15)8-11(16)14-13-9-5-3-4-6-9/h2H,1,3-8H2,(H,12,15)(H,14,16). The van der Waals surface area contributed by atoms with Gasteiger partial charge in [-0.1, -0.05) is 6.08 Å². The first-order valence-corrected chi connectivity index (χ1v) is 5.44. The highest BCUT2D eigenvalue weighted by Crippen LogP contribution is 2.13. The van der Waals surface area contributed by atoms with Crippen LogP contribution in [0.4, 0.5) is 0 Å². The second kappa shape index (κ2) is 6.76. The number of carbonyl (C=O) groups is 2. The Morgan fingerprint density at radius 2 is 2.00 bits per heavy atom. The van der Waals surface area contributed by atoms with Crippen molar-refractivity contribution in [2.24, 2.45) is 5.10 Å². The lowest BCUT2D eigenvalue weighted by Crippen LogP contribution is -2.30. The highest BCUT2D eigenvalue weighted by atomic mass is 16.2. The molecule has 0 aromatic heterocycles. The molecule has 0 radical (unpaired) electrons. The molecule has 1 rings (SSSR count). The number of nitrogens with zero attached hydrogens (tertiary/aromatic N) is 1. The first-order chi connectivity index (χ1) is 7.72. The van der Waals surface area contributed by atoms with E-state index in [4.69, 9.17) is 0 Å². The lowest BCUT2D eigenvalue weighted by atomic mass is 10.3. The molecule has 0 unspecified atom stereocenters. The second-order valence-corrected chi connectivity index (χ2v) is 3.69. The molecular weight excluding hydrogens is 206 g/mol. The average molecular weight is 223 g/mol. The van der Waals surface area contributed by atoms with Gasteiger partial charge in [-0.25, -0.2) is 5.43 Å². The van der Waals surface area contributed by atoms with Crippen LogP contribution in [0.2, 0.25) is 0 Å². The minimum absolute atomic E-state index is 0.190. The third kappa shape index (κ3) is 4.72. The highest BCUT2D eigenvalue weighted by Gasteiger charge is 2.10. The van der Waals surface area contributed by atoms with Crippen molar-refractivity contribution in [1.29, 1.82) is 0 Å². The van der Waals surface area contributed by atoms with Crippen LogP contribution in [0.15, 0.2) is 17.8 Å². The molecule has 5 nitrogen and oxygen atoms in total. The smallest absolute Gasteiger partial charge is 0.249 e. The molecule has 0 atom stereocenters. The molecule has 0 spiro atoms. The zero-order valence-corrected chi connectivity index (χ0v) is 9.29. The average Bonchev–Trinajstić information content (AvgIpc) is 2.76. The van der Waals surface area contributed by atoms with Crippen LogP contribution in [0.1, 0.15) is 32.1 Å². The summed E-state index contributed by atoms with van der Waals surface area (Å²) in [5.74, 6) is -0.690. The van der Waals surface area contributed by atoms with E-state index in [-0.39, 0.29) is 18.2 Å². The summed E-state index contributed by atoms with van der Waals surface area (Å²) in [6, 6.07) is 0. The quantitative estimate of drug-likeness (QED) is 0.409. The van der Waals surface area contributed by atoms with Crippen molar-refractivity contribution in [2.45, 2.75) is 32.1 Å². The second-order valence-electron chi connectivity index (χ2n) is 3.69. The minimum atomic E-state index is -0.374. The molecule has 2 amide bonds. The minimum Gasteiger partial charge on any atom is -0.352 e. The van der Waals surface area contributed by atoms with E-state index in [2.05, 4.69) is 22.4 Å². The molecule has 0 bridgehead atoms. The van der Waals surface area contributed by atoms with Gasteiger partial charge in [0.1, 0.15) is 6.42 Å². The van der Waals surface area contributed by atoms with Gasteiger partial charge in [-0.15, -0.1) is 6.58 Å². The third-order valence-electron chi connectivity index (χ3n) is 2.28. The summed E-state index contributed by atoms with van der Waals surface area (Å²) >= 11 is 0. The number of amides is 2. The van der Waals surface area contributed by atoms with Gasteiger partial charge in [0.15, 0.2) is 0 Å². The first kappa shape index (κ1) is 12.4. The number of hydrogen-bond acceptors (Lipinski definition) is 3. The molecule has 0 aliphatic heterocycles. The SMILES string of the molecule is C=CCNC(=O)CC(=O)NN=C1CCCC1. The van der Waals surface area contributed by atoms with E-state index in [0.717, 1.165) is 31.4 Å². The first-order valence-electron chi connectivity index (χ1n) is 5.44. The summed E-state index contributed by atoms with van der Waals surface area (Å²) in [7, 11) is 0. The fourth-order valence-electron chi connectivity index (χ4n) is 1.47. The summed E-state index contributed by atoms with van der Waals surface area (Å²) in [4.78, 5) is 22.4. The molecule has 1 aliphatic rings. The molecule has 1 saturated carbocycles. The largest absolute Gasteiger partial charge is 0.352 e. The molecule has 0 saturated heterocycles. The number of hydrazone groups is 1. The Morgan fingerprint density at radius 3 is 2.62 bits per heavy atom. The van der Waals surface area contributed by atoms with Gasteiger partial charge in [0.2, 0.25) is 11.8 Å². The van der Waals surface area contributed by atoms with Gasteiger partial charge >= 0.3 is 0 Å². The molecule has 1 aliphatic carbocycles. The molecule has 16 heavy (non-hydrogen) atoms. The van der Waals surface area contributed by atoms with Crippen molar-refractivity contribution in [3.63, 3.8) is 0 Å². The van der Waals surface area contributed by atoms with E-state index in [1.165, 1.54) is 0 Å².